The topological polar surface area (TPSA) is 52.6 Å². The molecule has 2 aliphatic carbocycles. The summed E-state index contributed by atoms with van der Waals surface area (Å²) in [7, 11) is 0. The van der Waals surface area contributed by atoms with Crippen molar-refractivity contribution in [2.45, 2.75) is 91.4 Å². The number of benzene rings is 1. The molecule has 0 radical (unpaired) electrons. The summed E-state index contributed by atoms with van der Waals surface area (Å²) in [6.45, 7) is 8.69. The second-order valence-electron chi connectivity index (χ2n) is 9.45. The van der Waals surface area contributed by atoms with E-state index in [0.717, 1.165) is 56.1 Å². The van der Waals surface area contributed by atoms with Crippen molar-refractivity contribution < 1.29 is 23.5 Å². The molecule has 1 saturated carbocycles. The molecule has 1 aromatic carbocycles. The second kappa shape index (κ2) is 14.2. The lowest BCUT2D eigenvalue weighted by Gasteiger charge is -2.28. The van der Waals surface area contributed by atoms with Crippen LogP contribution in [0.4, 0.5) is 4.39 Å². The van der Waals surface area contributed by atoms with Crippen LogP contribution < -0.4 is 0 Å². The minimum Gasteiger partial charge on any atom is -0.466 e. The molecule has 0 saturated heterocycles. The van der Waals surface area contributed by atoms with Gasteiger partial charge in [0, 0.05) is 12.8 Å². The van der Waals surface area contributed by atoms with Crippen LogP contribution >= 0.6 is 0 Å². The summed E-state index contributed by atoms with van der Waals surface area (Å²) in [5.74, 6) is 0.993. The fourth-order valence-electron chi connectivity index (χ4n) is 4.76. The Morgan fingerprint density at radius 1 is 0.909 bits per heavy atom. The molecule has 184 valence electrons. The van der Waals surface area contributed by atoms with Gasteiger partial charge in [-0.05, 0) is 108 Å². The summed E-state index contributed by atoms with van der Waals surface area (Å²) in [6.07, 6.45) is 10.6. The van der Waals surface area contributed by atoms with Gasteiger partial charge in [-0.3, -0.25) is 9.59 Å². The van der Waals surface area contributed by atoms with Gasteiger partial charge < -0.3 is 9.47 Å². The highest BCUT2D eigenvalue weighted by molar-refractivity contribution is 5.70. The Balaban J connectivity index is 0.000000257. The van der Waals surface area contributed by atoms with E-state index in [0.29, 0.717) is 43.8 Å². The minimum atomic E-state index is -0.0996. The first kappa shape index (κ1) is 27.1. The summed E-state index contributed by atoms with van der Waals surface area (Å²) in [6, 6.07) is 5.50. The number of aryl methyl sites for hydroxylation is 1. The number of halogens is 1. The highest BCUT2D eigenvalue weighted by atomic mass is 19.1. The van der Waals surface area contributed by atoms with Crippen LogP contribution in [0.3, 0.4) is 0 Å². The number of carbonyl (C=O) groups excluding carboxylic acids is 2. The van der Waals surface area contributed by atoms with E-state index >= 15 is 0 Å². The van der Waals surface area contributed by atoms with Gasteiger partial charge in [0.2, 0.25) is 0 Å². The smallest absolute Gasteiger partial charge is 0.306 e. The van der Waals surface area contributed by atoms with Crippen molar-refractivity contribution in [2.75, 3.05) is 13.2 Å². The van der Waals surface area contributed by atoms with Crippen molar-refractivity contribution in [2.24, 2.45) is 11.8 Å². The highest BCUT2D eigenvalue weighted by Gasteiger charge is 2.26. The van der Waals surface area contributed by atoms with Crippen LogP contribution in [-0.4, -0.2) is 25.2 Å². The molecule has 0 aromatic heterocycles. The third-order valence-corrected chi connectivity index (χ3v) is 6.71. The molecule has 0 aliphatic heterocycles. The Kier molecular flexibility index (Phi) is 11.6. The third-order valence-electron chi connectivity index (χ3n) is 6.71. The molecule has 0 bridgehead atoms. The summed E-state index contributed by atoms with van der Waals surface area (Å²) in [5, 5.41) is 0. The maximum atomic E-state index is 14.0. The molecule has 3 rings (SSSR count). The standard InChI is InChI=1S/C17H23FO2.C11H18O2/c1-3-20-17(19)11-13-5-7-14(8-6-13)15-9-4-12(2)10-16(15)18;1-3-13-11(12)8-10-6-4-9(2)5-7-10/h4,9-10,13-14H,3,5-8,11H2,1-2H3;4,10H,3,5-8H2,1-2H3. The lowest BCUT2D eigenvalue weighted by atomic mass is 9.77. The number of esters is 2. The first-order chi connectivity index (χ1) is 15.8. The fourth-order valence-corrected chi connectivity index (χ4v) is 4.76. The van der Waals surface area contributed by atoms with Gasteiger partial charge >= 0.3 is 11.9 Å². The van der Waals surface area contributed by atoms with Crippen LogP contribution in [0.1, 0.15) is 95.6 Å². The first-order valence-corrected chi connectivity index (χ1v) is 12.5. The van der Waals surface area contributed by atoms with E-state index < -0.39 is 0 Å². The van der Waals surface area contributed by atoms with Crippen LogP contribution in [0.25, 0.3) is 0 Å². The average Bonchev–Trinajstić information content (AvgIpc) is 2.77. The SMILES string of the molecule is CCOC(=O)CC1CC=C(C)CC1.CCOC(=O)CC1CCC(c2ccc(C)cc2F)CC1. The van der Waals surface area contributed by atoms with Crippen molar-refractivity contribution >= 4 is 11.9 Å². The molecule has 0 spiro atoms. The summed E-state index contributed by atoms with van der Waals surface area (Å²) < 4.78 is 23.9. The zero-order chi connectivity index (χ0) is 24.2. The molecular formula is C28H41FO4. The Labute approximate surface area is 198 Å². The maximum Gasteiger partial charge on any atom is 0.306 e. The Morgan fingerprint density at radius 3 is 2.03 bits per heavy atom. The van der Waals surface area contributed by atoms with E-state index in [1.54, 1.807) is 6.07 Å². The van der Waals surface area contributed by atoms with E-state index in [1.807, 2.05) is 32.9 Å². The fraction of sp³-hybridized carbons (Fsp3) is 0.643. The van der Waals surface area contributed by atoms with Crippen molar-refractivity contribution in [1.82, 2.24) is 0 Å². The van der Waals surface area contributed by atoms with Gasteiger partial charge in [-0.2, -0.15) is 0 Å². The number of hydrogen-bond donors (Lipinski definition) is 0. The number of rotatable bonds is 7. The van der Waals surface area contributed by atoms with Crippen LogP contribution in [0.5, 0.6) is 0 Å². The molecule has 5 heteroatoms. The molecule has 2 aliphatic rings. The molecular weight excluding hydrogens is 419 g/mol. The van der Waals surface area contributed by atoms with E-state index in [4.69, 9.17) is 9.47 Å². The summed E-state index contributed by atoms with van der Waals surface area (Å²) in [5.41, 5.74) is 3.26. The molecule has 33 heavy (non-hydrogen) atoms. The monoisotopic (exact) mass is 460 g/mol. The Morgan fingerprint density at radius 2 is 1.52 bits per heavy atom. The summed E-state index contributed by atoms with van der Waals surface area (Å²) in [4.78, 5) is 22.6. The predicted octanol–water partition coefficient (Wildman–Crippen LogP) is 7.05. The van der Waals surface area contributed by atoms with Gasteiger partial charge in [-0.15, -0.1) is 0 Å². The van der Waals surface area contributed by atoms with Crippen molar-refractivity contribution in [1.29, 1.82) is 0 Å². The maximum absolute atomic E-state index is 14.0. The zero-order valence-corrected chi connectivity index (χ0v) is 20.8. The molecule has 1 atom stereocenters. The summed E-state index contributed by atoms with van der Waals surface area (Å²) >= 11 is 0. The van der Waals surface area contributed by atoms with Crippen LogP contribution in [0.2, 0.25) is 0 Å². The molecule has 1 fully saturated rings. The van der Waals surface area contributed by atoms with E-state index in [2.05, 4.69) is 13.0 Å². The minimum absolute atomic E-state index is 0.0412. The largest absolute Gasteiger partial charge is 0.466 e. The quantitative estimate of drug-likeness (QED) is 0.323. The van der Waals surface area contributed by atoms with Gasteiger partial charge in [0.1, 0.15) is 5.82 Å². The van der Waals surface area contributed by atoms with Gasteiger partial charge in [-0.1, -0.05) is 23.8 Å². The lowest BCUT2D eigenvalue weighted by molar-refractivity contribution is -0.145. The third kappa shape index (κ3) is 9.69. The molecule has 0 amide bonds. The van der Waals surface area contributed by atoms with Crippen molar-refractivity contribution in [3.63, 3.8) is 0 Å². The van der Waals surface area contributed by atoms with Crippen LogP contribution in [-0.2, 0) is 19.1 Å². The van der Waals surface area contributed by atoms with E-state index in [9.17, 15) is 14.0 Å². The Hall–Kier alpha value is -2.17. The van der Waals surface area contributed by atoms with Crippen molar-refractivity contribution in [3.8, 4) is 0 Å². The number of carbonyl (C=O) groups is 2. The van der Waals surface area contributed by atoms with Gasteiger partial charge in [0.15, 0.2) is 0 Å². The predicted molar refractivity (Wildman–Crippen MR) is 129 cm³/mol. The van der Waals surface area contributed by atoms with E-state index in [1.165, 1.54) is 5.57 Å². The lowest BCUT2D eigenvalue weighted by Crippen LogP contribution is -2.18. The highest BCUT2D eigenvalue weighted by Crippen LogP contribution is 2.38. The molecule has 0 N–H and O–H groups in total. The number of allylic oxidation sites excluding steroid dienone is 2. The van der Waals surface area contributed by atoms with Crippen molar-refractivity contribution in [3.05, 3.63) is 46.8 Å². The van der Waals surface area contributed by atoms with E-state index in [-0.39, 0.29) is 17.8 Å². The molecule has 1 aromatic rings. The normalized spacial score (nSPS) is 22.5. The van der Waals surface area contributed by atoms with Gasteiger partial charge in [0.05, 0.1) is 13.2 Å². The molecule has 4 nitrogen and oxygen atoms in total. The van der Waals surface area contributed by atoms with Gasteiger partial charge in [-0.25, -0.2) is 4.39 Å². The van der Waals surface area contributed by atoms with Gasteiger partial charge in [0.25, 0.3) is 0 Å². The second-order valence-corrected chi connectivity index (χ2v) is 9.45. The Bertz CT molecular complexity index is 793. The molecule has 1 unspecified atom stereocenters. The number of hydrogen-bond acceptors (Lipinski definition) is 4. The first-order valence-electron chi connectivity index (χ1n) is 12.5. The van der Waals surface area contributed by atoms with Crippen LogP contribution in [0.15, 0.2) is 29.8 Å². The number of ether oxygens (including phenoxy) is 2. The zero-order valence-electron chi connectivity index (χ0n) is 20.8. The molecule has 0 heterocycles. The average molecular weight is 461 g/mol. The van der Waals surface area contributed by atoms with Crippen LogP contribution in [0, 0.1) is 24.6 Å².